The first kappa shape index (κ1) is 26.8. The lowest BCUT2D eigenvalue weighted by Gasteiger charge is -2.15. The third-order valence-electron chi connectivity index (χ3n) is 6.72. The number of aryl methyl sites for hydroxylation is 1. The van der Waals surface area contributed by atoms with Crippen LogP contribution in [-0.4, -0.2) is 49.1 Å². The second kappa shape index (κ2) is 10.8. The van der Waals surface area contributed by atoms with Crippen LogP contribution >= 0.6 is 0 Å². The zero-order valence-corrected chi connectivity index (χ0v) is 22.8. The molecule has 2 aliphatic heterocycles. The number of hydrogen-bond acceptors (Lipinski definition) is 9. The van der Waals surface area contributed by atoms with Gasteiger partial charge >= 0.3 is 5.97 Å². The van der Waals surface area contributed by atoms with Crippen molar-refractivity contribution < 1.29 is 41.6 Å². The summed E-state index contributed by atoms with van der Waals surface area (Å²) >= 11 is 0. The van der Waals surface area contributed by atoms with Gasteiger partial charge in [0.15, 0.2) is 23.0 Å². The van der Waals surface area contributed by atoms with E-state index in [1.807, 2.05) is 19.1 Å². The van der Waals surface area contributed by atoms with E-state index in [2.05, 4.69) is 4.72 Å². The number of epoxide rings is 1. The molecule has 11 heteroatoms. The summed E-state index contributed by atoms with van der Waals surface area (Å²) in [6.07, 6.45) is -0.508. The fourth-order valence-corrected chi connectivity index (χ4v) is 5.71. The van der Waals surface area contributed by atoms with Crippen molar-refractivity contribution in [1.29, 1.82) is 0 Å². The van der Waals surface area contributed by atoms with Crippen molar-refractivity contribution in [3.63, 3.8) is 0 Å². The largest absolute Gasteiger partial charge is 0.493 e. The van der Waals surface area contributed by atoms with Gasteiger partial charge in [0.05, 0.1) is 26.2 Å². The van der Waals surface area contributed by atoms with Gasteiger partial charge in [0, 0.05) is 12.1 Å². The summed E-state index contributed by atoms with van der Waals surface area (Å²) in [5.74, 6) is 1.22. The van der Waals surface area contributed by atoms with Crippen LogP contribution in [0.4, 0.5) is 0 Å². The minimum absolute atomic E-state index is 0.0927. The van der Waals surface area contributed by atoms with Crippen LogP contribution in [0.25, 0.3) is 0 Å². The Hall–Kier alpha value is -3.80. The molecule has 1 saturated heterocycles. The predicted molar refractivity (Wildman–Crippen MR) is 140 cm³/mol. The molecular formula is C28H29NO9S. The van der Waals surface area contributed by atoms with Crippen LogP contribution in [0.3, 0.4) is 0 Å². The quantitative estimate of drug-likeness (QED) is 0.294. The number of nitrogens with one attached hydrogen (secondary N) is 1. The average Bonchev–Trinajstić information content (AvgIpc) is 3.60. The third-order valence-corrected chi connectivity index (χ3v) is 8.20. The van der Waals surface area contributed by atoms with E-state index >= 15 is 0 Å². The lowest BCUT2D eigenvalue weighted by Crippen LogP contribution is -2.26. The number of carbonyl (C=O) groups is 1. The normalized spacial score (nSPS) is 17.5. The molecule has 3 aromatic carbocycles. The van der Waals surface area contributed by atoms with E-state index in [0.29, 0.717) is 29.2 Å². The van der Waals surface area contributed by atoms with Crippen molar-refractivity contribution in [2.75, 3.05) is 34.7 Å². The average molecular weight is 556 g/mol. The molecular weight excluding hydrogens is 526 g/mol. The molecule has 2 unspecified atom stereocenters. The van der Waals surface area contributed by atoms with Crippen molar-refractivity contribution in [2.45, 2.75) is 30.4 Å². The summed E-state index contributed by atoms with van der Waals surface area (Å²) in [7, 11) is 0.557. The number of hydrogen-bond donors (Lipinski definition) is 1. The number of carbonyl (C=O) groups excluding carboxylic acids is 1. The maximum atomic E-state index is 12.8. The fourth-order valence-electron chi connectivity index (χ4n) is 4.68. The molecule has 0 amide bonds. The van der Waals surface area contributed by atoms with Gasteiger partial charge in [0.1, 0.15) is 17.8 Å². The number of methoxy groups -OCH3 is 3. The fraction of sp³-hybridized carbons (Fsp3) is 0.321. The van der Waals surface area contributed by atoms with Crippen molar-refractivity contribution in [1.82, 2.24) is 4.72 Å². The van der Waals surface area contributed by atoms with E-state index in [0.717, 1.165) is 16.7 Å². The van der Waals surface area contributed by atoms with Crippen LogP contribution in [-0.2, 0) is 25.9 Å². The van der Waals surface area contributed by atoms with E-state index in [1.54, 1.807) is 36.4 Å². The highest BCUT2D eigenvalue weighted by Crippen LogP contribution is 2.56. The van der Waals surface area contributed by atoms with E-state index < -0.39 is 28.2 Å². The molecule has 3 aromatic rings. The summed E-state index contributed by atoms with van der Waals surface area (Å²) in [6, 6.07) is 13.8. The molecule has 0 bridgehead atoms. The molecule has 2 aliphatic rings. The van der Waals surface area contributed by atoms with Crippen molar-refractivity contribution in [2.24, 2.45) is 0 Å². The summed E-state index contributed by atoms with van der Waals surface area (Å²) in [5, 5.41) is 0. The number of esters is 1. The Balaban J connectivity index is 1.42. The number of benzene rings is 3. The molecule has 0 spiro atoms. The molecule has 0 aromatic heterocycles. The maximum absolute atomic E-state index is 12.8. The third kappa shape index (κ3) is 5.25. The molecule has 39 heavy (non-hydrogen) atoms. The molecule has 2 heterocycles. The van der Waals surface area contributed by atoms with Gasteiger partial charge in [-0.2, -0.15) is 0 Å². The molecule has 0 radical (unpaired) electrons. The van der Waals surface area contributed by atoms with E-state index in [9.17, 15) is 13.2 Å². The van der Waals surface area contributed by atoms with Gasteiger partial charge in [-0.3, -0.25) is 0 Å². The lowest BCUT2D eigenvalue weighted by atomic mass is 9.94. The zero-order valence-electron chi connectivity index (χ0n) is 22.0. The van der Waals surface area contributed by atoms with Crippen LogP contribution < -0.4 is 23.7 Å². The van der Waals surface area contributed by atoms with Crippen LogP contribution in [0, 0.1) is 6.92 Å². The molecule has 5 rings (SSSR count). The highest BCUT2D eigenvalue weighted by atomic mass is 32.2. The molecule has 0 aliphatic carbocycles. The van der Waals surface area contributed by atoms with Crippen molar-refractivity contribution in [3.8, 4) is 23.0 Å². The summed E-state index contributed by atoms with van der Waals surface area (Å²) in [5.41, 5.74) is 3.43. The first-order valence-corrected chi connectivity index (χ1v) is 13.7. The molecule has 1 fully saturated rings. The van der Waals surface area contributed by atoms with Crippen molar-refractivity contribution in [3.05, 3.63) is 76.3 Å². The first-order chi connectivity index (χ1) is 18.8. The predicted octanol–water partition coefficient (Wildman–Crippen LogP) is 3.86. The highest BCUT2D eigenvalue weighted by molar-refractivity contribution is 7.89. The maximum Gasteiger partial charge on any atom is 0.342 e. The second-order valence-electron chi connectivity index (χ2n) is 9.10. The highest BCUT2D eigenvalue weighted by Gasteiger charge is 2.46. The Morgan fingerprint density at radius 2 is 1.64 bits per heavy atom. The van der Waals surface area contributed by atoms with Gasteiger partial charge in [-0.15, -0.1) is 0 Å². The number of rotatable bonds is 10. The molecule has 1 N–H and O–H groups in total. The molecule has 10 nitrogen and oxygen atoms in total. The summed E-state index contributed by atoms with van der Waals surface area (Å²) in [4.78, 5) is 12.9. The van der Waals surface area contributed by atoms with Crippen molar-refractivity contribution >= 4 is 16.0 Å². The monoisotopic (exact) mass is 555 g/mol. The first-order valence-electron chi connectivity index (χ1n) is 12.2. The molecule has 2 atom stereocenters. The minimum Gasteiger partial charge on any atom is -0.493 e. The smallest absolute Gasteiger partial charge is 0.342 e. The molecule has 0 saturated carbocycles. The van der Waals surface area contributed by atoms with Gasteiger partial charge in [-0.05, 0) is 54.8 Å². The SMILES string of the molecule is COC(=O)c1c(C2OC2c2cc3c(cc2CCNS(=O)(=O)c2ccc(C)cc2)OCO3)ccc(OC)c1OC. The van der Waals surface area contributed by atoms with E-state index in [1.165, 1.54) is 21.3 Å². The zero-order chi connectivity index (χ0) is 27.7. The van der Waals surface area contributed by atoms with Crippen LogP contribution in [0.2, 0.25) is 0 Å². The Labute approximate surface area is 226 Å². The Kier molecular flexibility index (Phi) is 7.39. The number of sulfonamides is 1. The second-order valence-corrected chi connectivity index (χ2v) is 10.9. The van der Waals surface area contributed by atoms with E-state index in [-0.39, 0.29) is 29.5 Å². The van der Waals surface area contributed by atoms with Crippen LogP contribution in [0.15, 0.2) is 53.4 Å². The van der Waals surface area contributed by atoms with E-state index in [4.69, 9.17) is 28.4 Å². The summed E-state index contributed by atoms with van der Waals surface area (Å²) in [6.45, 7) is 2.15. The van der Waals surface area contributed by atoms with Crippen LogP contribution in [0.5, 0.6) is 23.0 Å². The van der Waals surface area contributed by atoms with Gasteiger partial charge in [-0.1, -0.05) is 23.8 Å². The lowest BCUT2D eigenvalue weighted by molar-refractivity contribution is 0.0594. The van der Waals surface area contributed by atoms with Gasteiger partial charge in [0.25, 0.3) is 0 Å². The van der Waals surface area contributed by atoms with Gasteiger partial charge in [-0.25, -0.2) is 17.9 Å². The standard InChI is InChI=1S/C28H29NO9S/c1-16-5-7-18(8-6-16)39(31,32)29-12-11-17-13-22-23(37-15-36-22)14-20(17)26-25(38-26)19-9-10-21(33-2)27(34-3)24(19)28(30)35-4/h5-10,13-14,25-26,29H,11-12,15H2,1-4H3. The topological polar surface area (TPSA) is 122 Å². The number of ether oxygens (including phenoxy) is 6. The Morgan fingerprint density at radius 3 is 2.31 bits per heavy atom. The Morgan fingerprint density at radius 1 is 0.949 bits per heavy atom. The summed E-state index contributed by atoms with van der Waals surface area (Å²) < 4.78 is 61.3. The minimum atomic E-state index is -3.68. The Bertz CT molecular complexity index is 1500. The van der Waals surface area contributed by atoms with Crippen LogP contribution in [0.1, 0.15) is 44.8 Å². The van der Waals surface area contributed by atoms with Gasteiger partial charge in [0.2, 0.25) is 16.8 Å². The van der Waals surface area contributed by atoms with Gasteiger partial charge < -0.3 is 28.4 Å². The number of fused-ring (bicyclic) bond motifs is 1. The molecule has 206 valence electrons.